The Morgan fingerprint density at radius 3 is 2.84 bits per heavy atom. The van der Waals surface area contributed by atoms with Crippen LogP contribution in [0.15, 0.2) is 41.2 Å². The SMILES string of the molecule is Cc1cc([C@@H](C)Nc2ccccc2C(=O)O)c2nc3n(c(=O)c2c1)[C@H](C)C[C@@]31CCOC1. The summed E-state index contributed by atoms with van der Waals surface area (Å²) in [6, 6.07) is 10.6. The van der Waals surface area contributed by atoms with E-state index in [2.05, 4.69) is 12.2 Å². The van der Waals surface area contributed by atoms with Gasteiger partial charge in [0.15, 0.2) is 0 Å². The topological polar surface area (TPSA) is 93.5 Å². The number of ether oxygens (including phenoxy) is 1. The molecule has 7 nitrogen and oxygen atoms in total. The van der Waals surface area contributed by atoms with Gasteiger partial charge in [-0.2, -0.15) is 0 Å². The van der Waals surface area contributed by atoms with Crippen LogP contribution in [0.25, 0.3) is 10.9 Å². The monoisotopic (exact) mass is 433 g/mol. The number of nitrogens with one attached hydrogen (secondary N) is 1. The Morgan fingerprint density at radius 2 is 2.12 bits per heavy atom. The molecule has 2 N–H and O–H groups in total. The van der Waals surface area contributed by atoms with Crippen LogP contribution in [0.3, 0.4) is 0 Å². The molecule has 0 bridgehead atoms. The van der Waals surface area contributed by atoms with Gasteiger partial charge in [-0.3, -0.25) is 9.36 Å². The third-order valence-corrected chi connectivity index (χ3v) is 6.88. The lowest BCUT2D eigenvalue weighted by Crippen LogP contribution is -2.29. The van der Waals surface area contributed by atoms with Gasteiger partial charge in [0.25, 0.3) is 5.56 Å². The minimum absolute atomic E-state index is 0.00985. The molecule has 32 heavy (non-hydrogen) atoms. The number of para-hydroxylation sites is 1. The van der Waals surface area contributed by atoms with Crippen LogP contribution in [0.4, 0.5) is 5.69 Å². The fourth-order valence-electron chi connectivity index (χ4n) is 5.39. The molecule has 1 spiro atoms. The van der Waals surface area contributed by atoms with Crippen LogP contribution in [-0.2, 0) is 10.2 Å². The third-order valence-electron chi connectivity index (χ3n) is 6.88. The zero-order chi connectivity index (χ0) is 22.6. The predicted octanol–water partition coefficient (Wildman–Crippen LogP) is 4.20. The Labute approximate surface area is 186 Å². The highest BCUT2D eigenvalue weighted by Gasteiger charge is 2.47. The zero-order valence-corrected chi connectivity index (χ0v) is 18.5. The van der Waals surface area contributed by atoms with Crippen molar-refractivity contribution in [2.75, 3.05) is 18.5 Å². The van der Waals surface area contributed by atoms with E-state index in [1.54, 1.807) is 24.3 Å². The smallest absolute Gasteiger partial charge is 0.337 e. The van der Waals surface area contributed by atoms with Crippen LogP contribution in [0, 0.1) is 6.92 Å². The maximum Gasteiger partial charge on any atom is 0.337 e. The molecule has 2 aliphatic rings. The van der Waals surface area contributed by atoms with Crippen molar-refractivity contribution in [1.82, 2.24) is 9.55 Å². The Bertz CT molecular complexity index is 1290. The number of aromatic nitrogens is 2. The minimum atomic E-state index is -0.985. The normalized spacial score (nSPS) is 22.9. The van der Waals surface area contributed by atoms with Crippen molar-refractivity contribution in [2.45, 2.75) is 51.1 Å². The van der Waals surface area contributed by atoms with Gasteiger partial charge in [0.1, 0.15) is 5.82 Å². The molecule has 0 amide bonds. The summed E-state index contributed by atoms with van der Waals surface area (Å²) in [5, 5.41) is 13.5. The summed E-state index contributed by atoms with van der Waals surface area (Å²) in [5.74, 6) is -0.163. The Balaban J connectivity index is 1.67. The number of fused-ring (bicyclic) bond motifs is 3. The number of hydrogen-bond acceptors (Lipinski definition) is 5. The molecule has 5 rings (SSSR count). The van der Waals surface area contributed by atoms with Gasteiger partial charge in [-0.05, 0) is 57.4 Å². The van der Waals surface area contributed by atoms with E-state index in [4.69, 9.17) is 9.72 Å². The highest BCUT2D eigenvalue weighted by Crippen LogP contribution is 2.45. The lowest BCUT2D eigenvalue weighted by molar-refractivity contribution is 0.0698. The van der Waals surface area contributed by atoms with Crippen molar-refractivity contribution < 1.29 is 14.6 Å². The van der Waals surface area contributed by atoms with E-state index >= 15 is 0 Å². The quantitative estimate of drug-likeness (QED) is 0.641. The minimum Gasteiger partial charge on any atom is -0.478 e. The first-order chi connectivity index (χ1) is 15.3. The summed E-state index contributed by atoms with van der Waals surface area (Å²) in [5.41, 5.74) is 3.06. The molecule has 0 aliphatic carbocycles. The number of rotatable bonds is 4. The van der Waals surface area contributed by atoms with E-state index in [1.165, 1.54) is 0 Å². The molecule has 3 aromatic rings. The first-order valence-electron chi connectivity index (χ1n) is 11.0. The number of benzene rings is 2. The maximum atomic E-state index is 13.6. The number of aromatic carboxylic acids is 1. The van der Waals surface area contributed by atoms with Gasteiger partial charge in [-0.15, -0.1) is 0 Å². The summed E-state index contributed by atoms with van der Waals surface area (Å²) in [6.07, 6.45) is 1.73. The molecule has 1 fully saturated rings. The molecule has 0 saturated carbocycles. The van der Waals surface area contributed by atoms with Gasteiger partial charge in [0.2, 0.25) is 0 Å². The van der Waals surface area contributed by atoms with E-state index in [0.29, 0.717) is 29.8 Å². The molecular formula is C25H27N3O4. The lowest BCUT2D eigenvalue weighted by Gasteiger charge is -2.22. The summed E-state index contributed by atoms with van der Waals surface area (Å²) in [6.45, 7) is 7.29. The van der Waals surface area contributed by atoms with E-state index in [9.17, 15) is 14.7 Å². The summed E-state index contributed by atoms with van der Waals surface area (Å²) < 4.78 is 7.59. The van der Waals surface area contributed by atoms with Crippen LogP contribution in [0.2, 0.25) is 0 Å². The molecule has 7 heteroatoms. The Morgan fingerprint density at radius 1 is 1.34 bits per heavy atom. The van der Waals surface area contributed by atoms with Crippen LogP contribution < -0.4 is 10.9 Å². The number of carbonyl (C=O) groups is 1. The van der Waals surface area contributed by atoms with Crippen LogP contribution in [0.1, 0.15) is 66.1 Å². The van der Waals surface area contributed by atoms with Crippen molar-refractivity contribution in [2.24, 2.45) is 0 Å². The molecule has 1 aromatic heterocycles. The average molecular weight is 434 g/mol. The van der Waals surface area contributed by atoms with E-state index in [-0.39, 0.29) is 28.6 Å². The van der Waals surface area contributed by atoms with Crippen LogP contribution >= 0.6 is 0 Å². The Kier molecular flexibility index (Phi) is 4.82. The van der Waals surface area contributed by atoms with Crippen molar-refractivity contribution in [3.8, 4) is 0 Å². The second kappa shape index (κ2) is 7.45. The average Bonchev–Trinajstić information content (AvgIpc) is 3.33. The van der Waals surface area contributed by atoms with E-state index < -0.39 is 5.97 Å². The molecule has 3 atom stereocenters. The van der Waals surface area contributed by atoms with Gasteiger partial charge in [-0.25, -0.2) is 9.78 Å². The van der Waals surface area contributed by atoms with Crippen molar-refractivity contribution >= 4 is 22.6 Å². The van der Waals surface area contributed by atoms with Crippen molar-refractivity contribution in [1.29, 1.82) is 0 Å². The van der Waals surface area contributed by atoms with Crippen molar-refractivity contribution in [3.63, 3.8) is 0 Å². The Hall–Kier alpha value is -3.19. The van der Waals surface area contributed by atoms with Crippen molar-refractivity contribution in [3.05, 3.63) is 69.3 Å². The first kappa shape index (κ1) is 20.7. The summed E-state index contributed by atoms with van der Waals surface area (Å²) >= 11 is 0. The molecule has 1 saturated heterocycles. The van der Waals surface area contributed by atoms with E-state index in [0.717, 1.165) is 29.8 Å². The van der Waals surface area contributed by atoms with Crippen LogP contribution in [-0.4, -0.2) is 33.8 Å². The second-order valence-electron chi connectivity index (χ2n) is 9.21. The predicted molar refractivity (Wildman–Crippen MR) is 123 cm³/mol. The van der Waals surface area contributed by atoms with Gasteiger partial charge < -0.3 is 15.2 Å². The molecular weight excluding hydrogens is 406 g/mol. The fraction of sp³-hybridized carbons (Fsp3) is 0.400. The molecule has 3 heterocycles. The molecule has 2 aliphatic heterocycles. The van der Waals surface area contributed by atoms with Gasteiger partial charge in [-0.1, -0.05) is 18.2 Å². The lowest BCUT2D eigenvalue weighted by atomic mass is 9.83. The zero-order valence-electron chi connectivity index (χ0n) is 18.5. The van der Waals surface area contributed by atoms with Gasteiger partial charge >= 0.3 is 5.97 Å². The first-order valence-corrected chi connectivity index (χ1v) is 11.0. The standard InChI is InChI=1S/C25H27N3O4/c1-14-10-18(16(3)26-20-7-5-4-6-17(20)23(30)31)21-19(11-14)22(29)28-15(2)12-25(24(28)27-21)8-9-32-13-25/h4-7,10-11,15-16,26H,8-9,12-13H2,1-3H3,(H,30,31)/t15-,16-,25-/m1/s1. The maximum absolute atomic E-state index is 13.6. The fourth-order valence-corrected chi connectivity index (χ4v) is 5.39. The number of hydrogen-bond donors (Lipinski definition) is 2. The number of nitrogens with zero attached hydrogens (tertiary/aromatic N) is 2. The van der Waals surface area contributed by atoms with Gasteiger partial charge in [0, 0.05) is 23.9 Å². The highest BCUT2D eigenvalue weighted by molar-refractivity contribution is 5.94. The summed E-state index contributed by atoms with van der Waals surface area (Å²) in [4.78, 5) is 30.3. The van der Waals surface area contributed by atoms with Crippen LogP contribution in [0.5, 0.6) is 0 Å². The number of carboxylic acids is 1. The number of carboxylic acid groups (broad SMARTS) is 1. The van der Waals surface area contributed by atoms with E-state index in [1.807, 2.05) is 30.5 Å². The highest BCUT2D eigenvalue weighted by atomic mass is 16.5. The number of anilines is 1. The second-order valence-corrected chi connectivity index (χ2v) is 9.21. The molecule has 0 unspecified atom stereocenters. The number of aryl methyl sites for hydroxylation is 1. The van der Waals surface area contributed by atoms with Gasteiger partial charge in [0.05, 0.1) is 34.5 Å². The molecule has 2 aromatic carbocycles. The third kappa shape index (κ3) is 3.11. The molecule has 166 valence electrons. The largest absolute Gasteiger partial charge is 0.478 e. The molecule has 0 radical (unpaired) electrons. The summed E-state index contributed by atoms with van der Waals surface area (Å²) in [7, 11) is 0.